The van der Waals surface area contributed by atoms with Crippen LogP contribution in [0.5, 0.6) is 0 Å². The molecule has 1 aromatic heterocycles. The molecule has 4 heteroatoms. The topological polar surface area (TPSA) is 32.0 Å². The molecule has 1 saturated heterocycles. The van der Waals surface area contributed by atoms with Gasteiger partial charge >= 0.3 is 0 Å². The first-order chi connectivity index (χ1) is 12.7. The van der Waals surface area contributed by atoms with Crippen molar-refractivity contribution >= 4 is 22.5 Å². The molecule has 2 atom stereocenters. The summed E-state index contributed by atoms with van der Waals surface area (Å²) in [6, 6.07) is 20.7. The van der Waals surface area contributed by atoms with Crippen LogP contribution < -0.4 is 0 Å². The predicted molar refractivity (Wildman–Crippen MR) is 106 cm³/mol. The molecule has 0 saturated carbocycles. The van der Waals surface area contributed by atoms with Crippen LogP contribution in [0.3, 0.4) is 0 Å². The number of hydrogen-bond acceptors (Lipinski definition) is 2. The normalized spacial score (nSPS) is 18.8. The Morgan fingerprint density at radius 3 is 2.81 bits per heavy atom. The van der Waals surface area contributed by atoms with Gasteiger partial charge in [0.05, 0.1) is 17.1 Å². The van der Waals surface area contributed by atoms with E-state index in [0.717, 1.165) is 38.0 Å². The zero-order valence-corrected chi connectivity index (χ0v) is 15.4. The Kier molecular flexibility index (Phi) is 4.97. The largest absolute Gasteiger partial charge is 0.347 e. The second kappa shape index (κ2) is 7.53. The van der Waals surface area contributed by atoms with Crippen molar-refractivity contribution in [2.45, 2.75) is 24.9 Å². The van der Waals surface area contributed by atoms with Gasteiger partial charge in [-0.3, -0.25) is 4.90 Å². The number of benzene rings is 2. The van der Waals surface area contributed by atoms with Crippen molar-refractivity contribution in [1.29, 1.82) is 5.26 Å². The highest BCUT2D eigenvalue weighted by molar-refractivity contribution is 6.20. The van der Waals surface area contributed by atoms with Crippen LogP contribution in [0.2, 0.25) is 0 Å². The lowest BCUT2D eigenvalue weighted by Gasteiger charge is -2.22. The van der Waals surface area contributed by atoms with Gasteiger partial charge in [0.2, 0.25) is 0 Å². The monoisotopic (exact) mass is 363 g/mol. The lowest BCUT2D eigenvalue weighted by molar-refractivity contribution is 0.291. The minimum atomic E-state index is 0.0500. The molecule has 0 N–H and O–H groups in total. The molecule has 26 heavy (non-hydrogen) atoms. The first-order valence-electron chi connectivity index (χ1n) is 9.14. The second-order valence-corrected chi connectivity index (χ2v) is 7.63. The van der Waals surface area contributed by atoms with Crippen LogP contribution >= 0.6 is 11.6 Å². The van der Waals surface area contributed by atoms with Crippen molar-refractivity contribution in [2.24, 2.45) is 5.92 Å². The van der Waals surface area contributed by atoms with E-state index < -0.39 is 0 Å². The number of aromatic nitrogens is 1. The molecular formula is C22H22ClN3. The fraction of sp³-hybridized carbons (Fsp3) is 0.318. The fourth-order valence-corrected chi connectivity index (χ4v) is 4.25. The summed E-state index contributed by atoms with van der Waals surface area (Å²) in [7, 11) is 0. The highest BCUT2D eigenvalue weighted by atomic mass is 35.5. The standard InChI is InChI=1S/C22H22ClN3/c23-22(13-17-4-2-1-3-5-17)26-10-8-19(16-26)15-25-11-9-20-7-6-18(14-24)12-21(20)25/h1-7,9,11-12,19,22H,8,10,13,15-16H2. The molecule has 0 spiro atoms. The van der Waals surface area contributed by atoms with Gasteiger partial charge in [-0.05, 0) is 48.0 Å². The molecule has 3 nitrogen and oxygen atoms in total. The van der Waals surface area contributed by atoms with Crippen molar-refractivity contribution in [3.05, 3.63) is 71.9 Å². The van der Waals surface area contributed by atoms with Gasteiger partial charge in [0.25, 0.3) is 0 Å². The van der Waals surface area contributed by atoms with Crippen molar-refractivity contribution in [3.63, 3.8) is 0 Å². The van der Waals surface area contributed by atoms with Gasteiger partial charge in [-0.1, -0.05) is 36.4 Å². The van der Waals surface area contributed by atoms with Gasteiger partial charge in [-0.2, -0.15) is 5.26 Å². The number of rotatable bonds is 5. The lowest BCUT2D eigenvalue weighted by atomic mass is 10.1. The third-order valence-electron chi connectivity index (χ3n) is 5.32. The quantitative estimate of drug-likeness (QED) is 0.488. The molecular weight excluding hydrogens is 342 g/mol. The summed E-state index contributed by atoms with van der Waals surface area (Å²) in [5.41, 5.74) is 3.20. The number of halogens is 1. The van der Waals surface area contributed by atoms with Crippen LogP contribution in [0.15, 0.2) is 60.8 Å². The maximum atomic E-state index is 9.15. The summed E-state index contributed by atoms with van der Waals surface area (Å²) < 4.78 is 2.28. The Morgan fingerprint density at radius 1 is 1.15 bits per heavy atom. The number of nitrogens with zero attached hydrogens (tertiary/aromatic N) is 3. The fourth-order valence-electron chi connectivity index (χ4n) is 3.89. The highest BCUT2D eigenvalue weighted by Crippen LogP contribution is 2.26. The molecule has 1 aliphatic heterocycles. The van der Waals surface area contributed by atoms with Crippen molar-refractivity contribution in [2.75, 3.05) is 13.1 Å². The molecule has 132 valence electrons. The minimum Gasteiger partial charge on any atom is -0.347 e. The van der Waals surface area contributed by atoms with Crippen LogP contribution in [0.1, 0.15) is 17.5 Å². The maximum Gasteiger partial charge on any atom is 0.0992 e. The van der Waals surface area contributed by atoms with Gasteiger partial charge in [0.1, 0.15) is 0 Å². The molecule has 0 bridgehead atoms. The van der Waals surface area contributed by atoms with Gasteiger partial charge in [-0.15, -0.1) is 11.6 Å². The van der Waals surface area contributed by atoms with E-state index in [2.05, 4.69) is 52.1 Å². The number of likely N-dealkylation sites (tertiary alicyclic amines) is 1. The van der Waals surface area contributed by atoms with Crippen molar-refractivity contribution in [1.82, 2.24) is 9.47 Å². The van der Waals surface area contributed by atoms with Gasteiger partial charge in [-0.25, -0.2) is 0 Å². The summed E-state index contributed by atoms with van der Waals surface area (Å²) in [6.45, 7) is 3.05. The van der Waals surface area contributed by atoms with Crippen LogP contribution in [0.4, 0.5) is 0 Å². The van der Waals surface area contributed by atoms with Crippen LogP contribution in [-0.2, 0) is 13.0 Å². The SMILES string of the molecule is N#Cc1ccc2ccn(CC3CCN(C(Cl)Cc4ccccc4)C3)c2c1. The van der Waals surface area contributed by atoms with Crippen LogP contribution in [-0.4, -0.2) is 28.1 Å². The summed E-state index contributed by atoms with van der Waals surface area (Å²) in [5.74, 6) is 0.591. The summed E-state index contributed by atoms with van der Waals surface area (Å²) in [5, 5.41) is 10.3. The van der Waals surface area contributed by atoms with E-state index in [1.54, 1.807) is 0 Å². The molecule has 2 unspecified atom stereocenters. The molecule has 1 aliphatic rings. The van der Waals surface area contributed by atoms with E-state index in [-0.39, 0.29) is 5.50 Å². The number of nitriles is 1. The zero-order valence-electron chi connectivity index (χ0n) is 14.7. The summed E-state index contributed by atoms with van der Waals surface area (Å²) >= 11 is 6.69. The smallest absolute Gasteiger partial charge is 0.0992 e. The number of fused-ring (bicyclic) bond motifs is 1. The Labute approximate surface area is 159 Å². The Hall–Kier alpha value is -2.28. The van der Waals surface area contributed by atoms with Crippen LogP contribution in [0, 0.1) is 17.2 Å². The second-order valence-electron chi connectivity index (χ2n) is 7.13. The molecule has 2 aromatic carbocycles. The maximum absolute atomic E-state index is 9.15. The first kappa shape index (κ1) is 17.1. The van der Waals surface area contributed by atoms with Crippen molar-refractivity contribution < 1.29 is 0 Å². The average Bonchev–Trinajstić information content (AvgIpc) is 3.30. The minimum absolute atomic E-state index is 0.0500. The molecule has 0 radical (unpaired) electrons. The highest BCUT2D eigenvalue weighted by Gasteiger charge is 2.27. The van der Waals surface area contributed by atoms with Crippen molar-refractivity contribution in [3.8, 4) is 6.07 Å². The molecule has 1 fully saturated rings. The Balaban J connectivity index is 1.41. The zero-order chi connectivity index (χ0) is 17.9. The number of alkyl halides is 1. The van der Waals surface area contributed by atoms with Gasteiger partial charge in [0, 0.05) is 31.2 Å². The van der Waals surface area contributed by atoms with E-state index in [9.17, 15) is 0 Å². The van der Waals surface area contributed by atoms with Gasteiger partial charge < -0.3 is 4.57 Å². The van der Waals surface area contributed by atoms with E-state index >= 15 is 0 Å². The molecule has 2 heterocycles. The Morgan fingerprint density at radius 2 is 2.00 bits per heavy atom. The Bertz CT molecular complexity index is 925. The first-order valence-corrected chi connectivity index (χ1v) is 9.57. The molecule has 0 aliphatic carbocycles. The lowest BCUT2D eigenvalue weighted by Crippen LogP contribution is -2.31. The molecule has 4 rings (SSSR count). The van der Waals surface area contributed by atoms with E-state index in [0.29, 0.717) is 11.5 Å². The van der Waals surface area contributed by atoms with E-state index in [1.165, 1.54) is 10.9 Å². The molecule has 0 amide bonds. The summed E-state index contributed by atoms with van der Waals surface area (Å²) in [4.78, 5) is 2.39. The van der Waals surface area contributed by atoms with Gasteiger partial charge in [0.15, 0.2) is 0 Å². The molecule has 3 aromatic rings. The predicted octanol–water partition coefficient (Wildman–Crippen LogP) is 4.64. The van der Waals surface area contributed by atoms with Crippen LogP contribution in [0.25, 0.3) is 10.9 Å². The third-order valence-corrected chi connectivity index (χ3v) is 5.75. The summed E-state index contributed by atoms with van der Waals surface area (Å²) in [6.07, 6.45) is 4.18. The number of hydrogen-bond donors (Lipinski definition) is 0. The van der Waals surface area contributed by atoms with E-state index in [4.69, 9.17) is 16.9 Å². The van der Waals surface area contributed by atoms with E-state index in [1.807, 2.05) is 24.3 Å². The third kappa shape index (κ3) is 3.62. The average molecular weight is 364 g/mol.